The summed E-state index contributed by atoms with van der Waals surface area (Å²) in [5.41, 5.74) is 0.316. The second-order valence-electron chi connectivity index (χ2n) is 5.42. The molecule has 0 fully saturated rings. The first-order valence-electron chi connectivity index (χ1n) is 7.90. The first kappa shape index (κ1) is 19.9. The molecule has 0 aliphatic carbocycles. The number of ether oxygens (including phenoxy) is 1. The largest absolute Gasteiger partial charge is 0.434 e. The lowest BCUT2D eigenvalue weighted by molar-refractivity contribution is -0.385. The number of hydrogen-bond acceptors (Lipinski definition) is 8. The number of aromatic nitrogens is 2. The van der Waals surface area contributed by atoms with Gasteiger partial charge in [-0.3, -0.25) is 10.1 Å². The quantitative estimate of drug-likeness (QED) is 0.495. The van der Waals surface area contributed by atoms with Crippen molar-refractivity contribution in [2.75, 3.05) is 18.0 Å². The van der Waals surface area contributed by atoms with Crippen molar-refractivity contribution in [1.29, 1.82) is 10.5 Å². The molecule has 9 nitrogen and oxygen atoms in total. The molecule has 1 aromatic carbocycles. The minimum atomic E-state index is -0.640. The van der Waals surface area contributed by atoms with Crippen LogP contribution in [0.4, 0.5) is 11.5 Å². The van der Waals surface area contributed by atoms with E-state index in [2.05, 4.69) is 9.97 Å². The fraction of sp³-hybridized carbons (Fsp3) is 0.294. The van der Waals surface area contributed by atoms with Gasteiger partial charge in [0.1, 0.15) is 12.1 Å². The molecule has 0 aliphatic rings. The van der Waals surface area contributed by atoms with Crippen LogP contribution in [0.2, 0.25) is 5.02 Å². The minimum absolute atomic E-state index is 0.00110. The summed E-state index contributed by atoms with van der Waals surface area (Å²) in [5.74, 6) is 0.108. The van der Waals surface area contributed by atoms with Crippen LogP contribution < -0.4 is 9.64 Å². The monoisotopic (exact) mass is 386 g/mol. The molecule has 138 valence electrons. The summed E-state index contributed by atoms with van der Waals surface area (Å²) >= 11 is 5.98. The van der Waals surface area contributed by atoms with Gasteiger partial charge >= 0.3 is 11.6 Å². The van der Waals surface area contributed by atoms with E-state index in [-0.39, 0.29) is 37.6 Å². The smallest absolute Gasteiger partial charge is 0.373 e. The van der Waals surface area contributed by atoms with E-state index in [1.165, 1.54) is 4.90 Å². The SMILES string of the molecule is Cc1cc(Oc2ncnc(N(CCC#N)CCC#N)c2[N+](=O)[O-])ccc1Cl. The van der Waals surface area contributed by atoms with E-state index in [1.807, 2.05) is 12.1 Å². The summed E-state index contributed by atoms with van der Waals surface area (Å²) in [6, 6.07) is 8.78. The summed E-state index contributed by atoms with van der Waals surface area (Å²) in [4.78, 5) is 20.4. The molecule has 27 heavy (non-hydrogen) atoms. The van der Waals surface area contributed by atoms with E-state index in [1.54, 1.807) is 25.1 Å². The maximum atomic E-state index is 11.7. The molecule has 10 heteroatoms. The molecule has 0 N–H and O–H groups in total. The topological polar surface area (TPSA) is 129 Å². The molecule has 2 aromatic rings. The van der Waals surface area contributed by atoms with Crippen LogP contribution in [0.3, 0.4) is 0 Å². The second-order valence-corrected chi connectivity index (χ2v) is 5.83. The number of nitrogens with zero attached hydrogens (tertiary/aromatic N) is 6. The van der Waals surface area contributed by atoms with Crippen LogP contribution in [0, 0.1) is 39.7 Å². The van der Waals surface area contributed by atoms with Gasteiger partial charge in [0.15, 0.2) is 0 Å². The van der Waals surface area contributed by atoms with Gasteiger partial charge in [0, 0.05) is 18.1 Å². The first-order valence-corrected chi connectivity index (χ1v) is 8.28. The van der Waals surface area contributed by atoms with Crippen molar-refractivity contribution < 1.29 is 9.66 Å². The van der Waals surface area contributed by atoms with Crippen LogP contribution in [-0.4, -0.2) is 28.0 Å². The number of nitriles is 2. The van der Waals surface area contributed by atoms with E-state index >= 15 is 0 Å². The highest BCUT2D eigenvalue weighted by atomic mass is 35.5. The van der Waals surface area contributed by atoms with E-state index < -0.39 is 10.6 Å². The van der Waals surface area contributed by atoms with Gasteiger partial charge in [-0.2, -0.15) is 15.5 Å². The molecule has 0 saturated carbocycles. The summed E-state index contributed by atoms with van der Waals surface area (Å²) in [7, 11) is 0. The average molecular weight is 387 g/mol. The van der Waals surface area contributed by atoms with Crippen LogP contribution in [0.1, 0.15) is 18.4 Å². The molecule has 0 bridgehead atoms. The number of benzene rings is 1. The molecule has 1 heterocycles. The fourth-order valence-corrected chi connectivity index (χ4v) is 2.42. The van der Waals surface area contributed by atoms with E-state index in [0.29, 0.717) is 10.8 Å². The highest BCUT2D eigenvalue weighted by Crippen LogP contribution is 2.36. The number of aryl methyl sites for hydroxylation is 1. The molecule has 0 spiro atoms. The van der Waals surface area contributed by atoms with Gasteiger partial charge in [0.05, 0.1) is 29.9 Å². The summed E-state index contributed by atoms with van der Waals surface area (Å²) in [6.45, 7) is 2.16. The van der Waals surface area contributed by atoms with Crippen molar-refractivity contribution in [2.24, 2.45) is 0 Å². The zero-order valence-corrected chi connectivity index (χ0v) is 15.2. The van der Waals surface area contributed by atoms with E-state index in [0.717, 1.165) is 11.9 Å². The normalized spacial score (nSPS) is 9.93. The van der Waals surface area contributed by atoms with Crippen molar-refractivity contribution in [3.8, 4) is 23.8 Å². The molecular formula is C17H15ClN6O3. The summed E-state index contributed by atoms with van der Waals surface area (Å²) in [6.07, 6.45) is 1.39. The van der Waals surface area contributed by atoms with Crippen molar-refractivity contribution in [3.05, 3.63) is 45.2 Å². The van der Waals surface area contributed by atoms with Gasteiger partial charge in [0.2, 0.25) is 5.82 Å². The van der Waals surface area contributed by atoms with E-state index in [4.69, 9.17) is 26.9 Å². The maximum Gasteiger partial charge on any atom is 0.373 e. The third-order valence-corrected chi connectivity index (χ3v) is 4.01. The Morgan fingerprint density at radius 2 is 1.93 bits per heavy atom. The van der Waals surface area contributed by atoms with Crippen molar-refractivity contribution in [1.82, 2.24) is 9.97 Å². The fourth-order valence-electron chi connectivity index (χ4n) is 2.31. The predicted octanol–water partition coefficient (Wildman–Crippen LogP) is 3.77. The molecule has 0 aliphatic heterocycles. The molecule has 1 aromatic heterocycles. The van der Waals surface area contributed by atoms with Crippen LogP contribution in [0.5, 0.6) is 11.6 Å². The van der Waals surface area contributed by atoms with Crippen LogP contribution in [0.25, 0.3) is 0 Å². The summed E-state index contributed by atoms with van der Waals surface area (Å²) in [5, 5.41) is 29.9. The second kappa shape index (κ2) is 9.32. The molecular weight excluding hydrogens is 372 g/mol. The third kappa shape index (κ3) is 5.03. The lowest BCUT2D eigenvalue weighted by Gasteiger charge is -2.21. The van der Waals surface area contributed by atoms with Crippen LogP contribution in [-0.2, 0) is 0 Å². The average Bonchev–Trinajstić information content (AvgIpc) is 2.64. The van der Waals surface area contributed by atoms with E-state index in [9.17, 15) is 10.1 Å². The molecule has 0 amide bonds. The predicted molar refractivity (Wildman–Crippen MR) is 97.6 cm³/mol. The highest BCUT2D eigenvalue weighted by molar-refractivity contribution is 6.31. The Hall–Kier alpha value is -3.43. The number of anilines is 1. The van der Waals surface area contributed by atoms with Crippen LogP contribution in [0.15, 0.2) is 24.5 Å². The minimum Gasteiger partial charge on any atom is -0.434 e. The number of nitro groups is 1. The Balaban J connectivity index is 2.45. The Morgan fingerprint density at radius 3 is 2.48 bits per heavy atom. The van der Waals surface area contributed by atoms with Gasteiger partial charge in [-0.25, -0.2) is 4.98 Å². The van der Waals surface area contributed by atoms with Gasteiger partial charge in [-0.05, 0) is 30.7 Å². The molecule has 0 unspecified atom stereocenters. The Morgan fingerprint density at radius 1 is 1.26 bits per heavy atom. The number of hydrogen-bond donors (Lipinski definition) is 0. The Labute approximate surface area is 160 Å². The zero-order valence-electron chi connectivity index (χ0n) is 14.4. The molecule has 2 rings (SSSR count). The first-order chi connectivity index (χ1) is 13.0. The lowest BCUT2D eigenvalue weighted by Crippen LogP contribution is -2.27. The van der Waals surface area contributed by atoms with Gasteiger partial charge in [-0.1, -0.05) is 11.6 Å². The molecule has 0 saturated heterocycles. The van der Waals surface area contributed by atoms with Gasteiger partial charge in [-0.15, -0.1) is 0 Å². The highest BCUT2D eigenvalue weighted by Gasteiger charge is 2.28. The molecule has 0 atom stereocenters. The van der Waals surface area contributed by atoms with Crippen molar-refractivity contribution in [2.45, 2.75) is 19.8 Å². The van der Waals surface area contributed by atoms with Gasteiger partial charge < -0.3 is 9.64 Å². The van der Waals surface area contributed by atoms with Crippen LogP contribution >= 0.6 is 11.6 Å². The zero-order chi connectivity index (χ0) is 19.8. The standard InChI is InChI=1S/C17H15ClN6O3/c1-12-10-13(4-5-14(12)18)27-17-15(24(25)26)16(21-11-22-17)23(8-2-6-19)9-3-7-20/h4-5,10-11H,2-3,8-9H2,1H3. The number of rotatable bonds is 8. The Kier molecular flexibility index (Phi) is 6.86. The molecule has 0 radical (unpaired) electrons. The Bertz CT molecular complexity index is 904. The lowest BCUT2D eigenvalue weighted by atomic mass is 10.2. The maximum absolute atomic E-state index is 11.7. The van der Waals surface area contributed by atoms with Crippen molar-refractivity contribution in [3.63, 3.8) is 0 Å². The van der Waals surface area contributed by atoms with Gasteiger partial charge in [0.25, 0.3) is 0 Å². The number of halogens is 1. The summed E-state index contributed by atoms with van der Waals surface area (Å²) < 4.78 is 5.60. The van der Waals surface area contributed by atoms with Crippen molar-refractivity contribution >= 4 is 23.1 Å². The third-order valence-electron chi connectivity index (χ3n) is 3.58.